The molecule has 0 radical (unpaired) electrons. The van der Waals surface area contributed by atoms with Gasteiger partial charge in [0.15, 0.2) is 0 Å². The van der Waals surface area contributed by atoms with Crippen LogP contribution in [0.5, 0.6) is 0 Å². The summed E-state index contributed by atoms with van der Waals surface area (Å²) in [6, 6.07) is 6.87. The van der Waals surface area contributed by atoms with Gasteiger partial charge in [-0.3, -0.25) is 14.4 Å². The normalized spacial score (nSPS) is 14.0. The van der Waals surface area contributed by atoms with Crippen LogP contribution >= 0.6 is 11.6 Å². The van der Waals surface area contributed by atoms with Gasteiger partial charge in [-0.25, -0.2) is 9.37 Å². The van der Waals surface area contributed by atoms with Crippen molar-refractivity contribution in [3.05, 3.63) is 58.5 Å². The van der Waals surface area contributed by atoms with Gasteiger partial charge in [0.25, 0.3) is 5.91 Å². The van der Waals surface area contributed by atoms with Crippen LogP contribution in [-0.4, -0.2) is 58.7 Å². The van der Waals surface area contributed by atoms with Crippen molar-refractivity contribution in [2.75, 3.05) is 31.5 Å². The van der Waals surface area contributed by atoms with Gasteiger partial charge in [-0.15, -0.1) is 0 Å². The second-order valence-electron chi connectivity index (χ2n) is 6.36. The van der Waals surface area contributed by atoms with Crippen LogP contribution < -0.4 is 5.32 Å². The first-order chi connectivity index (χ1) is 13.3. The maximum Gasteiger partial charge on any atom is 0.315 e. The maximum absolute atomic E-state index is 13.0. The fraction of sp³-hybridized carbons (Fsp3) is 0.263. The lowest BCUT2D eigenvalue weighted by Gasteiger charge is -2.34. The summed E-state index contributed by atoms with van der Waals surface area (Å²) in [6.45, 7) is 2.79. The molecule has 9 heteroatoms. The van der Waals surface area contributed by atoms with Gasteiger partial charge in [-0.2, -0.15) is 0 Å². The zero-order chi connectivity index (χ0) is 20.3. The number of carbonyl (C=O) groups is 3. The predicted molar refractivity (Wildman–Crippen MR) is 101 cm³/mol. The predicted octanol–water partition coefficient (Wildman–Crippen LogP) is 2.11. The van der Waals surface area contributed by atoms with Crippen molar-refractivity contribution in [3.8, 4) is 0 Å². The van der Waals surface area contributed by atoms with Crippen LogP contribution in [0.15, 0.2) is 36.5 Å². The third-order valence-electron chi connectivity index (χ3n) is 4.43. The molecule has 3 amide bonds. The van der Waals surface area contributed by atoms with E-state index in [-0.39, 0.29) is 37.9 Å². The summed E-state index contributed by atoms with van der Waals surface area (Å²) in [4.78, 5) is 43.9. The molecule has 1 aliphatic heterocycles. The molecule has 0 saturated carbocycles. The Bertz CT molecular complexity index is 912. The van der Waals surface area contributed by atoms with E-state index in [2.05, 4.69) is 10.3 Å². The highest BCUT2D eigenvalue weighted by Crippen LogP contribution is 2.16. The van der Waals surface area contributed by atoms with E-state index in [4.69, 9.17) is 11.6 Å². The van der Waals surface area contributed by atoms with Crippen molar-refractivity contribution in [1.82, 2.24) is 14.8 Å². The molecule has 2 aromatic rings. The van der Waals surface area contributed by atoms with Crippen LogP contribution in [-0.2, 0) is 9.59 Å². The number of hydrogen-bond donors (Lipinski definition) is 1. The van der Waals surface area contributed by atoms with Crippen LogP contribution in [0.1, 0.15) is 15.9 Å². The first-order valence-electron chi connectivity index (χ1n) is 8.62. The lowest BCUT2D eigenvalue weighted by Crippen LogP contribution is -2.53. The number of pyridine rings is 1. The smallest absolute Gasteiger partial charge is 0.315 e. The van der Waals surface area contributed by atoms with Gasteiger partial charge in [0.05, 0.1) is 5.02 Å². The van der Waals surface area contributed by atoms with Gasteiger partial charge in [-0.1, -0.05) is 11.6 Å². The second kappa shape index (κ2) is 8.35. The zero-order valence-corrected chi connectivity index (χ0v) is 15.9. The molecule has 3 rings (SSSR count). The van der Waals surface area contributed by atoms with Crippen LogP contribution in [0.25, 0.3) is 0 Å². The Morgan fingerprint density at radius 1 is 1.07 bits per heavy atom. The van der Waals surface area contributed by atoms with E-state index in [1.165, 1.54) is 35.4 Å². The Morgan fingerprint density at radius 3 is 2.29 bits per heavy atom. The fourth-order valence-corrected chi connectivity index (χ4v) is 2.91. The number of halogens is 2. The zero-order valence-electron chi connectivity index (χ0n) is 15.1. The number of nitrogens with zero attached hydrogens (tertiary/aromatic N) is 3. The topological polar surface area (TPSA) is 82.6 Å². The largest absolute Gasteiger partial charge is 0.335 e. The molecule has 28 heavy (non-hydrogen) atoms. The number of amides is 3. The van der Waals surface area contributed by atoms with Gasteiger partial charge in [0.2, 0.25) is 0 Å². The molecule has 1 saturated heterocycles. The highest BCUT2D eigenvalue weighted by molar-refractivity contribution is 6.39. The Kier molecular flexibility index (Phi) is 5.89. The lowest BCUT2D eigenvalue weighted by atomic mass is 10.1. The second-order valence-corrected chi connectivity index (χ2v) is 6.77. The standard InChI is InChI=1S/C19H18ClFN4O3/c1-12-10-16(22-11-15(12)20)23-17(26)19(28)25-8-6-24(7-9-25)18(27)13-2-4-14(21)5-3-13/h2-5,10-11H,6-9H2,1H3,(H,22,23,26). The SMILES string of the molecule is Cc1cc(NC(=O)C(=O)N2CCN(C(=O)c3ccc(F)cc3)CC2)ncc1Cl. The third-order valence-corrected chi connectivity index (χ3v) is 4.82. The Balaban J connectivity index is 1.55. The fourth-order valence-electron chi connectivity index (χ4n) is 2.81. The first kappa shape index (κ1) is 19.8. The Morgan fingerprint density at radius 2 is 1.68 bits per heavy atom. The molecule has 7 nitrogen and oxygen atoms in total. The molecule has 1 aromatic carbocycles. The number of benzene rings is 1. The number of hydrogen-bond acceptors (Lipinski definition) is 4. The minimum atomic E-state index is -0.799. The highest BCUT2D eigenvalue weighted by Gasteiger charge is 2.28. The Labute approximate surface area is 166 Å². The van der Waals surface area contributed by atoms with Crippen LogP contribution in [0.3, 0.4) is 0 Å². The quantitative estimate of drug-likeness (QED) is 0.777. The molecule has 1 aliphatic rings. The molecule has 0 spiro atoms. The minimum absolute atomic E-state index is 0.228. The monoisotopic (exact) mass is 404 g/mol. The average Bonchev–Trinajstić information content (AvgIpc) is 2.70. The van der Waals surface area contributed by atoms with Crippen LogP contribution in [0.2, 0.25) is 5.02 Å². The lowest BCUT2D eigenvalue weighted by molar-refractivity contribution is -0.144. The van der Waals surface area contributed by atoms with Gasteiger partial charge < -0.3 is 15.1 Å². The summed E-state index contributed by atoms with van der Waals surface area (Å²) >= 11 is 5.89. The van der Waals surface area contributed by atoms with Crippen molar-refractivity contribution >= 4 is 35.1 Å². The molecular weight excluding hydrogens is 387 g/mol. The van der Waals surface area contributed by atoms with Crippen molar-refractivity contribution in [2.45, 2.75) is 6.92 Å². The first-order valence-corrected chi connectivity index (χ1v) is 9.00. The summed E-state index contributed by atoms with van der Waals surface area (Å²) in [5, 5.41) is 2.92. The summed E-state index contributed by atoms with van der Waals surface area (Å²) in [6.07, 6.45) is 1.40. The Hall–Kier alpha value is -3.00. The van der Waals surface area contributed by atoms with Gasteiger partial charge in [0.1, 0.15) is 11.6 Å². The van der Waals surface area contributed by atoms with Crippen molar-refractivity contribution < 1.29 is 18.8 Å². The van der Waals surface area contributed by atoms with E-state index in [1.54, 1.807) is 17.9 Å². The molecule has 1 fully saturated rings. The molecule has 146 valence electrons. The van der Waals surface area contributed by atoms with Crippen LogP contribution in [0, 0.1) is 12.7 Å². The number of anilines is 1. The summed E-state index contributed by atoms with van der Waals surface area (Å²) in [5.41, 5.74) is 1.11. The molecule has 0 unspecified atom stereocenters. The number of aromatic nitrogens is 1. The van der Waals surface area contributed by atoms with Gasteiger partial charge in [-0.05, 0) is 42.8 Å². The number of piperazine rings is 1. The number of carbonyl (C=O) groups excluding carboxylic acids is 3. The van der Waals surface area contributed by atoms with Gasteiger partial charge >= 0.3 is 11.8 Å². The molecule has 0 aliphatic carbocycles. The number of rotatable bonds is 2. The molecule has 0 bridgehead atoms. The van der Waals surface area contributed by atoms with Crippen molar-refractivity contribution in [3.63, 3.8) is 0 Å². The molecule has 1 aromatic heterocycles. The number of aryl methyl sites for hydroxylation is 1. The molecule has 1 N–H and O–H groups in total. The van der Waals surface area contributed by atoms with E-state index >= 15 is 0 Å². The summed E-state index contributed by atoms with van der Waals surface area (Å²) in [7, 11) is 0. The molecule has 0 atom stereocenters. The van der Waals surface area contributed by atoms with E-state index in [0.29, 0.717) is 10.6 Å². The van der Waals surface area contributed by atoms with Crippen molar-refractivity contribution in [1.29, 1.82) is 0 Å². The molecule has 2 heterocycles. The maximum atomic E-state index is 13.0. The summed E-state index contributed by atoms with van der Waals surface area (Å²) < 4.78 is 13.0. The summed E-state index contributed by atoms with van der Waals surface area (Å²) in [5.74, 6) is -1.90. The van der Waals surface area contributed by atoms with E-state index in [1.807, 2.05) is 0 Å². The van der Waals surface area contributed by atoms with Gasteiger partial charge in [0, 0.05) is 37.9 Å². The minimum Gasteiger partial charge on any atom is -0.335 e. The highest BCUT2D eigenvalue weighted by atomic mass is 35.5. The average molecular weight is 405 g/mol. The number of nitrogens with one attached hydrogen (secondary N) is 1. The van der Waals surface area contributed by atoms with E-state index < -0.39 is 17.6 Å². The van der Waals surface area contributed by atoms with E-state index in [9.17, 15) is 18.8 Å². The van der Waals surface area contributed by atoms with Crippen LogP contribution in [0.4, 0.5) is 10.2 Å². The molecular formula is C19H18ClFN4O3. The van der Waals surface area contributed by atoms with E-state index in [0.717, 1.165) is 5.56 Å². The van der Waals surface area contributed by atoms with Crippen molar-refractivity contribution in [2.24, 2.45) is 0 Å². The third kappa shape index (κ3) is 4.45.